The molecule has 2 saturated heterocycles. The quantitative estimate of drug-likeness (QED) is 0.493. The molecule has 1 aromatic carbocycles. The van der Waals surface area contributed by atoms with Gasteiger partial charge in [-0.2, -0.15) is 9.97 Å². The van der Waals surface area contributed by atoms with E-state index in [4.69, 9.17) is 16.3 Å². The van der Waals surface area contributed by atoms with Crippen LogP contribution in [0.15, 0.2) is 24.5 Å². The highest BCUT2D eigenvalue weighted by Gasteiger charge is 2.51. The molecule has 2 fully saturated rings. The second kappa shape index (κ2) is 7.06. The van der Waals surface area contributed by atoms with E-state index in [1.807, 2.05) is 11.0 Å². The Balaban J connectivity index is 1.35. The number of aliphatic hydroxyl groups excluding tert-OH is 3. The fraction of sp³-hybridized carbons (Fsp3) is 0.476. The Hall–Kier alpha value is -2.37. The monoisotopic (exact) mass is 461 g/mol. The van der Waals surface area contributed by atoms with Crippen LogP contribution in [-0.2, 0) is 16.6 Å². The van der Waals surface area contributed by atoms with Gasteiger partial charge in [0.25, 0.3) is 0 Å². The van der Waals surface area contributed by atoms with Crippen molar-refractivity contribution < 1.29 is 24.4 Å². The van der Waals surface area contributed by atoms with E-state index in [0.717, 1.165) is 24.0 Å². The average molecular weight is 462 g/mol. The SMILES string of the molecule is OC[C@H]1O[C@@H](n2cnc3c(N4CC5(CCc6cccc(F)c65)C4)nc(Cl)nc32)[C@H](O)[C@@H]1O. The van der Waals surface area contributed by atoms with Gasteiger partial charge >= 0.3 is 0 Å². The van der Waals surface area contributed by atoms with Crippen LogP contribution in [0.5, 0.6) is 0 Å². The molecule has 4 heterocycles. The van der Waals surface area contributed by atoms with Gasteiger partial charge in [0.05, 0.1) is 12.9 Å². The van der Waals surface area contributed by atoms with Crippen LogP contribution in [-0.4, -0.2) is 72.8 Å². The number of rotatable bonds is 3. The Kier molecular flexibility index (Phi) is 4.47. The molecule has 3 N–H and O–H groups in total. The predicted octanol–water partition coefficient (Wildman–Crippen LogP) is 0.935. The lowest BCUT2D eigenvalue weighted by Gasteiger charge is -2.49. The van der Waals surface area contributed by atoms with Crippen molar-refractivity contribution in [2.45, 2.75) is 42.8 Å². The van der Waals surface area contributed by atoms with Crippen molar-refractivity contribution >= 4 is 28.6 Å². The van der Waals surface area contributed by atoms with Crippen molar-refractivity contribution in [1.82, 2.24) is 19.5 Å². The molecule has 0 amide bonds. The zero-order chi connectivity index (χ0) is 22.2. The molecule has 6 rings (SSSR count). The number of nitrogens with zero attached hydrogens (tertiary/aromatic N) is 5. The van der Waals surface area contributed by atoms with Crippen LogP contribution in [0.2, 0.25) is 5.28 Å². The molecule has 11 heteroatoms. The van der Waals surface area contributed by atoms with E-state index < -0.39 is 31.1 Å². The standard InChI is InChI=1S/C21H21ClFN5O4/c22-20-25-17(27-7-21(8-27)5-4-10-2-1-3-11(23)13(10)21)14-18(26-20)28(9-24-14)19-16(31)15(30)12(6-29)32-19/h1-3,9,12,15-16,19,29-31H,4-8H2/t12-,15-,16-,19-/m1/s1. The maximum Gasteiger partial charge on any atom is 0.226 e. The number of anilines is 1. The molecule has 0 bridgehead atoms. The maximum atomic E-state index is 14.6. The topological polar surface area (TPSA) is 117 Å². The first-order chi connectivity index (χ1) is 15.4. The van der Waals surface area contributed by atoms with Crippen molar-refractivity contribution in [3.63, 3.8) is 0 Å². The minimum absolute atomic E-state index is 0.0000500. The number of aryl methyl sites for hydroxylation is 1. The number of aliphatic hydroxyl groups is 3. The summed E-state index contributed by atoms with van der Waals surface area (Å²) in [5.74, 6) is 0.361. The first-order valence-electron chi connectivity index (χ1n) is 10.5. The van der Waals surface area contributed by atoms with E-state index in [0.29, 0.717) is 30.1 Å². The van der Waals surface area contributed by atoms with Crippen molar-refractivity contribution in [3.05, 3.63) is 46.8 Å². The van der Waals surface area contributed by atoms with Gasteiger partial charge in [-0.25, -0.2) is 9.37 Å². The van der Waals surface area contributed by atoms with E-state index in [-0.39, 0.29) is 16.5 Å². The minimum atomic E-state index is -1.27. The van der Waals surface area contributed by atoms with E-state index in [1.165, 1.54) is 17.0 Å². The Morgan fingerprint density at radius 1 is 1.22 bits per heavy atom. The zero-order valence-corrected chi connectivity index (χ0v) is 17.7. The summed E-state index contributed by atoms with van der Waals surface area (Å²) in [5, 5.41) is 29.9. The van der Waals surface area contributed by atoms with Gasteiger partial charge in [-0.1, -0.05) is 12.1 Å². The van der Waals surface area contributed by atoms with Gasteiger partial charge in [0.2, 0.25) is 5.28 Å². The molecule has 2 aromatic heterocycles. The molecule has 9 nitrogen and oxygen atoms in total. The summed E-state index contributed by atoms with van der Waals surface area (Å²) in [7, 11) is 0. The molecule has 168 valence electrons. The molecule has 0 unspecified atom stereocenters. The molecule has 2 aliphatic heterocycles. The fourth-order valence-electron chi connectivity index (χ4n) is 5.41. The molecule has 0 saturated carbocycles. The number of aromatic nitrogens is 4. The lowest BCUT2D eigenvalue weighted by Crippen LogP contribution is -2.59. The normalized spacial score (nSPS) is 28.5. The third kappa shape index (κ3) is 2.74. The molecular weight excluding hydrogens is 441 g/mol. The van der Waals surface area contributed by atoms with Crippen molar-refractivity contribution in [2.75, 3.05) is 24.6 Å². The van der Waals surface area contributed by atoms with Gasteiger partial charge in [-0.15, -0.1) is 0 Å². The van der Waals surface area contributed by atoms with E-state index in [2.05, 4.69) is 15.0 Å². The van der Waals surface area contributed by atoms with Gasteiger partial charge in [-0.05, 0) is 36.1 Å². The minimum Gasteiger partial charge on any atom is -0.394 e. The Morgan fingerprint density at radius 3 is 2.78 bits per heavy atom. The van der Waals surface area contributed by atoms with Crippen LogP contribution in [0.4, 0.5) is 10.2 Å². The molecule has 3 aromatic rings. The molecule has 3 aliphatic rings. The first-order valence-corrected chi connectivity index (χ1v) is 10.8. The van der Waals surface area contributed by atoms with Crippen LogP contribution in [0.1, 0.15) is 23.8 Å². The second-order valence-electron chi connectivity index (χ2n) is 8.78. The van der Waals surface area contributed by atoms with Gasteiger partial charge in [-0.3, -0.25) is 4.57 Å². The Morgan fingerprint density at radius 2 is 2.03 bits per heavy atom. The van der Waals surface area contributed by atoms with E-state index >= 15 is 0 Å². The van der Waals surface area contributed by atoms with Gasteiger partial charge in [0.1, 0.15) is 24.1 Å². The summed E-state index contributed by atoms with van der Waals surface area (Å²) in [6, 6.07) is 5.25. The van der Waals surface area contributed by atoms with Gasteiger partial charge in [0.15, 0.2) is 23.2 Å². The predicted molar refractivity (Wildman–Crippen MR) is 112 cm³/mol. The van der Waals surface area contributed by atoms with Crippen LogP contribution in [0.25, 0.3) is 11.2 Å². The Bertz CT molecular complexity index is 1220. The number of benzene rings is 1. The number of fused-ring (bicyclic) bond motifs is 3. The van der Waals surface area contributed by atoms with Crippen LogP contribution in [0.3, 0.4) is 0 Å². The number of ether oxygens (including phenoxy) is 1. The molecule has 0 radical (unpaired) electrons. The Labute approximate surface area is 187 Å². The third-order valence-corrected chi connectivity index (χ3v) is 7.13. The van der Waals surface area contributed by atoms with E-state index in [9.17, 15) is 19.7 Å². The number of hydrogen-bond acceptors (Lipinski definition) is 8. The second-order valence-corrected chi connectivity index (χ2v) is 9.12. The highest BCUT2D eigenvalue weighted by atomic mass is 35.5. The summed E-state index contributed by atoms with van der Waals surface area (Å²) in [6.07, 6.45) is -1.25. The molecule has 4 atom stereocenters. The first kappa shape index (κ1) is 20.3. The van der Waals surface area contributed by atoms with Crippen LogP contribution in [0, 0.1) is 5.82 Å². The maximum absolute atomic E-state index is 14.6. The van der Waals surface area contributed by atoms with Crippen LogP contribution < -0.4 is 4.90 Å². The summed E-state index contributed by atoms with van der Waals surface area (Å²) < 4.78 is 21.7. The van der Waals surface area contributed by atoms with Gasteiger partial charge in [0, 0.05) is 24.1 Å². The average Bonchev–Trinajstić information content (AvgIpc) is 3.42. The van der Waals surface area contributed by atoms with Gasteiger partial charge < -0.3 is 25.0 Å². The zero-order valence-electron chi connectivity index (χ0n) is 16.9. The largest absolute Gasteiger partial charge is 0.394 e. The lowest BCUT2D eigenvalue weighted by molar-refractivity contribution is -0.0511. The number of imidazole rings is 1. The van der Waals surface area contributed by atoms with Crippen molar-refractivity contribution in [3.8, 4) is 0 Å². The van der Waals surface area contributed by atoms with E-state index in [1.54, 1.807) is 6.07 Å². The smallest absolute Gasteiger partial charge is 0.226 e. The summed E-state index contributed by atoms with van der Waals surface area (Å²) in [5.41, 5.74) is 2.41. The van der Waals surface area contributed by atoms with Crippen molar-refractivity contribution in [2.24, 2.45) is 0 Å². The number of halogens is 2. The molecule has 1 spiro atoms. The van der Waals surface area contributed by atoms with Crippen molar-refractivity contribution in [1.29, 1.82) is 0 Å². The summed E-state index contributed by atoms with van der Waals surface area (Å²) in [6.45, 7) is 0.740. The van der Waals surface area contributed by atoms with Crippen LogP contribution >= 0.6 is 11.6 Å². The summed E-state index contributed by atoms with van der Waals surface area (Å²) >= 11 is 6.22. The highest BCUT2D eigenvalue weighted by Crippen LogP contribution is 2.48. The summed E-state index contributed by atoms with van der Waals surface area (Å²) in [4.78, 5) is 15.1. The third-order valence-electron chi connectivity index (χ3n) is 6.96. The molecule has 32 heavy (non-hydrogen) atoms. The highest BCUT2D eigenvalue weighted by molar-refractivity contribution is 6.28. The molecular formula is C21H21ClFN5O4. The number of hydrogen-bond donors (Lipinski definition) is 3. The molecule has 1 aliphatic carbocycles. The fourth-order valence-corrected chi connectivity index (χ4v) is 5.57. The lowest BCUT2D eigenvalue weighted by atomic mass is 9.74.